The van der Waals surface area contributed by atoms with E-state index in [2.05, 4.69) is 15.9 Å². The lowest BCUT2D eigenvalue weighted by Crippen LogP contribution is -2.14. The van der Waals surface area contributed by atoms with Crippen molar-refractivity contribution in [2.75, 3.05) is 6.26 Å². The Morgan fingerprint density at radius 3 is 2.38 bits per heavy atom. The second-order valence-electron chi connectivity index (χ2n) is 4.86. The van der Waals surface area contributed by atoms with Gasteiger partial charge >= 0.3 is 0 Å². The van der Waals surface area contributed by atoms with Crippen LogP contribution in [0.1, 0.15) is 17.2 Å². The lowest BCUT2D eigenvalue weighted by molar-refractivity contribution is 0.601. The van der Waals surface area contributed by atoms with Crippen LogP contribution in [0.15, 0.2) is 51.8 Å². The number of hydrogen-bond acceptors (Lipinski definition) is 3. The molecule has 0 spiro atoms. The average Bonchev–Trinajstić information content (AvgIpc) is 2.43. The molecule has 1 unspecified atom stereocenters. The van der Waals surface area contributed by atoms with E-state index in [4.69, 9.17) is 5.73 Å². The minimum Gasteiger partial charge on any atom is -0.324 e. The van der Waals surface area contributed by atoms with Gasteiger partial charge in [-0.05, 0) is 51.7 Å². The first-order valence-electron chi connectivity index (χ1n) is 6.27. The fraction of sp³-hybridized carbons (Fsp3) is 0.200. The van der Waals surface area contributed by atoms with E-state index in [1.165, 1.54) is 18.2 Å². The van der Waals surface area contributed by atoms with E-state index in [1.54, 1.807) is 24.3 Å². The van der Waals surface area contributed by atoms with Crippen molar-refractivity contribution < 1.29 is 12.8 Å². The Morgan fingerprint density at radius 2 is 1.81 bits per heavy atom. The number of benzene rings is 2. The molecule has 2 aromatic rings. The van der Waals surface area contributed by atoms with Crippen molar-refractivity contribution in [2.45, 2.75) is 17.4 Å². The van der Waals surface area contributed by atoms with Crippen molar-refractivity contribution in [1.82, 2.24) is 0 Å². The monoisotopic (exact) mass is 371 g/mol. The molecule has 0 saturated heterocycles. The first-order chi connectivity index (χ1) is 9.79. The van der Waals surface area contributed by atoms with E-state index in [0.29, 0.717) is 10.9 Å². The molecule has 0 radical (unpaired) electrons. The standard InChI is InChI=1S/C15H15BrFNO2S/c1-21(19,20)12-7-5-10(6-8-12)14(18)9-11-3-2-4-13(17)15(11)16/h2-8,14H,9,18H2,1H3. The maximum atomic E-state index is 13.5. The maximum absolute atomic E-state index is 13.5. The first kappa shape index (κ1) is 16.1. The molecule has 21 heavy (non-hydrogen) atoms. The summed E-state index contributed by atoms with van der Waals surface area (Å²) in [4.78, 5) is 0.255. The highest BCUT2D eigenvalue weighted by molar-refractivity contribution is 9.10. The Labute approximate surface area is 132 Å². The third-order valence-electron chi connectivity index (χ3n) is 3.21. The van der Waals surface area contributed by atoms with Crippen LogP contribution >= 0.6 is 15.9 Å². The SMILES string of the molecule is CS(=O)(=O)c1ccc(C(N)Cc2cccc(F)c2Br)cc1. The van der Waals surface area contributed by atoms with Crippen molar-refractivity contribution in [3.63, 3.8) is 0 Å². The van der Waals surface area contributed by atoms with Crippen LogP contribution in [0.25, 0.3) is 0 Å². The van der Waals surface area contributed by atoms with Crippen LogP contribution in [-0.4, -0.2) is 14.7 Å². The summed E-state index contributed by atoms with van der Waals surface area (Å²) < 4.78 is 36.7. The van der Waals surface area contributed by atoms with Crippen molar-refractivity contribution in [3.8, 4) is 0 Å². The molecule has 0 fully saturated rings. The second kappa shape index (κ2) is 6.25. The van der Waals surface area contributed by atoms with Gasteiger partial charge in [0.1, 0.15) is 5.82 Å². The Hall–Kier alpha value is -1.24. The number of halogens is 2. The highest BCUT2D eigenvalue weighted by atomic mass is 79.9. The van der Waals surface area contributed by atoms with E-state index < -0.39 is 9.84 Å². The second-order valence-corrected chi connectivity index (χ2v) is 7.67. The fourth-order valence-corrected chi connectivity index (χ4v) is 3.08. The molecule has 0 aliphatic heterocycles. The van der Waals surface area contributed by atoms with Crippen molar-refractivity contribution in [2.24, 2.45) is 5.73 Å². The predicted molar refractivity (Wildman–Crippen MR) is 84.3 cm³/mol. The largest absolute Gasteiger partial charge is 0.324 e. The van der Waals surface area contributed by atoms with Crippen LogP contribution in [0.4, 0.5) is 4.39 Å². The molecule has 2 aromatic carbocycles. The molecule has 0 amide bonds. The normalized spacial score (nSPS) is 13.1. The smallest absolute Gasteiger partial charge is 0.175 e. The summed E-state index contributed by atoms with van der Waals surface area (Å²) in [6, 6.07) is 10.9. The van der Waals surface area contributed by atoms with Gasteiger partial charge in [-0.3, -0.25) is 0 Å². The Kier molecular flexibility index (Phi) is 4.81. The first-order valence-corrected chi connectivity index (χ1v) is 8.96. The molecule has 0 aliphatic carbocycles. The highest BCUT2D eigenvalue weighted by Gasteiger charge is 2.13. The van der Waals surface area contributed by atoms with Crippen LogP contribution in [-0.2, 0) is 16.3 Å². The third-order valence-corrected chi connectivity index (χ3v) is 5.22. The Morgan fingerprint density at radius 1 is 1.19 bits per heavy atom. The summed E-state index contributed by atoms with van der Waals surface area (Å²) in [6.07, 6.45) is 1.61. The molecule has 112 valence electrons. The number of sulfone groups is 1. The van der Waals surface area contributed by atoms with Gasteiger partial charge in [0.25, 0.3) is 0 Å². The summed E-state index contributed by atoms with van der Waals surface area (Å²) in [6.45, 7) is 0. The van der Waals surface area contributed by atoms with Crippen molar-refractivity contribution >= 4 is 25.8 Å². The number of nitrogens with two attached hydrogens (primary N) is 1. The number of rotatable bonds is 4. The van der Waals surface area contributed by atoms with Gasteiger partial charge in [0, 0.05) is 12.3 Å². The summed E-state index contributed by atoms with van der Waals surface area (Å²) in [5.74, 6) is -0.327. The molecular weight excluding hydrogens is 357 g/mol. The lowest BCUT2D eigenvalue weighted by atomic mass is 10.00. The molecule has 0 saturated carbocycles. The molecule has 2 rings (SSSR count). The summed E-state index contributed by atoms with van der Waals surface area (Å²) in [5, 5.41) is 0. The van der Waals surface area contributed by atoms with E-state index in [-0.39, 0.29) is 16.8 Å². The zero-order chi connectivity index (χ0) is 15.6. The average molecular weight is 372 g/mol. The van der Waals surface area contributed by atoms with Crippen molar-refractivity contribution in [1.29, 1.82) is 0 Å². The van der Waals surface area contributed by atoms with E-state index >= 15 is 0 Å². The molecule has 0 heterocycles. The van der Waals surface area contributed by atoms with Gasteiger partial charge < -0.3 is 5.73 Å². The molecule has 0 aliphatic rings. The van der Waals surface area contributed by atoms with Crippen LogP contribution in [0.3, 0.4) is 0 Å². The van der Waals surface area contributed by atoms with Gasteiger partial charge in [-0.2, -0.15) is 0 Å². The van der Waals surface area contributed by atoms with Gasteiger partial charge in [0.05, 0.1) is 9.37 Å². The summed E-state index contributed by atoms with van der Waals surface area (Å²) in [5.41, 5.74) is 7.69. The molecular formula is C15H15BrFNO2S. The highest BCUT2D eigenvalue weighted by Crippen LogP contribution is 2.25. The molecule has 2 N–H and O–H groups in total. The van der Waals surface area contributed by atoms with E-state index in [9.17, 15) is 12.8 Å². The lowest BCUT2D eigenvalue weighted by Gasteiger charge is -2.14. The minimum absolute atomic E-state index is 0.255. The third kappa shape index (κ3) is 3.90. The van der Waals surface area contributed by atoms with Gasteiger partial charge in [-0.15, -0.1) is 0 Å². The molecule has 0 aromatic heterocycles. The van der Waals surface area contributed by atoms with Crippen LogP contribution in [0.5, 0.6) is 0 Å². The molecule has 6 heteroatoms. The van der Waals surface area contributed by atoms with Crippen LogP contribution < -0.4 is 5.73 Å². The summed E-state index contributed by atoms with van der Waals surface area (Å²) >= 11 is 3.21. The zero-order valence-corrected chi connectivity index (χ0v) is 13.8. The van der Waals surface area contributed by atoms with Crippen LogP contribution in [0, 0.1) is 5.82 Å². The molecule has 1 atom stereocenters. The van der Waals surface area contributed by atoms with Gasteiger partial charge in [0.15, 0.2) is 9.84 Å². The van der Waals surface area contributed by atoms with Gasteiger partial charge in [-0.25, -0.2) is 12.8 Å². The zero-order valence-electron chi connectivity index (χ0n) is 11.4. The topological polar surface area (TPSA) is 60.2 Å². The molecule has 0 bridgehead atoms. The van der Waals surface area contributed by atoms with Gasteiger partial charge in [0.2, 0.25) is 0 Å². The van der Waals surface area contributed by atoms with Gasteiger partial charge in [-0.1, -0.05) is 24.3 Å². The minimum atomic E-state index is -3.21. The van der Waals surface area contributed by atoms with Crippen molar-refractivity contribution in [3.05, 3.63) is 63.9 Å². The van der Waals surface area contributed by atoms with Crippen LogP contribution in [0.2, 0.25) is 0 Å². The van der Waals surface area contributed by atoms with E-state index in [0.717, 1.165) is 17.4 Å². The predicted octanol–water partition coefficient (Wildman–Crippen LogP) is 3.23. The maximum Gasteiger partial charge on any atom is 0.175 e. The number of hydrogen-bond donors (Lipinski definition) is 1. The summed E-state index contributed by atoms with van der Waals surface area (Å²) in [7, 11) is -3.21. The van der Waals surface area contributed by atoms with E-state index in [1.807, 2.05) is 0 Å². The quantitative estimate of drug-likeness (QED) is 0.897. The molecule has 3 nitrogen and oxygen atoms in total. The Balaban J connectivity index is 2.21. The fourth-order valence-electron chi connectivity index (χ4n) is 2.02. The Bertz CT molecular complexity index is 745.